The third-order valence-electron chi connectivity index (χ3n) is 5.18. The number of benzene rings is 1. The lowest BCUT2D eigenvalue weighted by Crippen LogP contribution is -2.42. The van der Waals surface area contributed by atoms with Gasteiger partial charge in [0.05, 0.1) is 37.0 Å². The summed E-state index contributed by atoms with van der Waals surface area (Å²) in [6, 6.07) is 7.18. The zero-order valence-corrected chi connectivity index (χ0v) is 17.4. The second-order valence-corrected chi connectivity index (χ2v) is 9.15. The van der Waals surface area contributed by atoms with Crippen molar-refractivity contribution in [2.45, 2.75) is 25.9 Å². The number of carbonyl (C=O) groups excluding carboxylic acids is 1. The van der Waals surface area contributed by atoms with Crippen molar-refractivity contribution in [2.24, 2.45) is 5.92 Å². The number of carbonyl (C=O) groups is 1. The van der Waals surface area contributed by atoms with Gasteiger partial charge in [0.2, 0.25) is 15.9 Å². The van der Waals surface area contributed by atoms with Crippen LogP contribution < -0.4 is 10.9 Å². The zero-order valence-electron chi connectivity index (χ0n) is 16.6. The van der Waals surface area contributed by atoms with E-state index in [0.29, 0.717) is 55.5 Å². The monoisotopic (exact) mass is 422 g/mol. The van der Waals surface area contributed by atoms with Crippen LogP contribution in [0.4, 0.5) is 0 Å². The van der Waals surface area contributed by atoms with E-state index in [1.165, 1.54) is 15.2 Å². The molecule has 0 radical (unpaired) electrons. The van der Waals surface area contributed by atoms with Crippen LogP contribution in [0.2, 0.25) is 0 Å². The maximum Gasteiger partial charge on any atom is 0.274 e. The first-order valence-electron chi connectivity index (χ1n) is 9.51. The van der Waals surface area contributed by atoms with Gasteiger partial charge in [-0.05, 0) is 18.9 Å². The Hall–Kier alpha value is -2.30. The first kappa shape index (κ1) is 21.4. The summed E-state index contributed by atoms with van der Waals surface area (Å²) < 4.78 is 31.0. The molecule has 1 saturated heterocycles. The summed E-state index contributed by atoms with van der Waals surface area (Å²) >= 11 is 0. The van der Waals surface area contributed by atoms with E-state index in [1.54, 1.807) is 19.2 Å². The largest absolute Gasteiger partial charge is 0.383 e. The molecule has 1 aromatic heterocycles. The highest BCUT2D eigenvalue weighted by molar-refractivity contribution is 7.88. The summed E-state index contributed by atoms with van der Waals surface area (Å²) in [6.07, 6.45) is 2.16. The predicted octanol–water partition coefficient (Wildman–Crippen LogP) is 0.331. The fraction of sp³-hybridized carbons (Fsp3) is 0.526. The van der Waals surface area contributed by atoms with Gasteiger partial charge in [-0.15, -0.1) is 0 Å². The minimum Gasteiger partial charge on any atom is -0.383 e. The number of aromatic nitrogens is 2. The van der Waals surface area contributed by atoms with Crippen molar-refractivity contribution >= 4 is 26.7 Å². The molecule has 2 aromatic rings. The van der Waals surface area contributed by atoms with E-state index in [2.05, 4.69) is 10.4 Å². The molecule has 0 unspecified atom stereocenters. The average molecular weight is 423 g/mol. The van der Waals surface area contributed by atoms with Gasteiger partial charge in [-0.3, -0.25) is 9.59 Å². The van der Waals surface area contributed by atoms with Crippen LogP contribution in [-0.4, -0.2) is 61.5 Å². The van der Waals surface area contributed by atoms with Crippen molar-refractivity contribution in [3.8, 4) is 0 Å². The zero-order chi connectivity index (χ0) is 21.0. The lowest BCUT2D eigenvalue weighted by atomic mass is 9.97. The molecule has 158 valence electrons. The first-order chi connectivity index (χ1) is 13.8. The number of hydrogen-bond donors (Lipinski definition) is 1. The van der Waals surface area contributed by atoms with Gasteiger partial charge in [0.25, 0.3) is 5.56 Å². The Morgan fingerprint density at radius 2 is 1.90 bits per heavy atom. The SMILES string of the molecule is COCCn1nc(CNC(=O)C2CCN(S(C)(=O)=O)CC2)c2ccccc2c1=O. The number of amides is 1. The van der Waals surface area contributed by atoms with E-state index in [9.17, 15) is 18.0 Å². The van der Waals surface area contributed by atoms with Crippen LogP contribution in [0.5, 0.6) is 0 Å². The summed E-state index contributed by atoms with van der Waals surface area (Å²) in [5, 5.41) is 8.57. The molecule has 1 aliphatic heterocycles. The molecule has 0 aliphatic carbocycles. The summed E-state index contributed by atoms with van der Waals surface area (Å²) in [5.41, 5.74) is 0.416. The molecule has 1 aliphatic rings. The van der Waals surface area contributed by atoms with Crippen LogP contribution in [0, 0.1) is 5.92 Å². The van der Waals surface area contributed by atoms with E-state index in [4.69, 9.17) is 4.74 Å². The Labute approximate surface area is 169 Å². The third-order valence-corrected chi connectivity index (χ3v) is 6.48. The highest BCUT2D eigenvalue weighted by Gasteiger charge is 2.28. The predicted molar refractivity (Wildman–Crippen MR) is 109 cm³/mol. The Morgan fingerprint density at radius 1 is 1.24 bits per heavy atom. The molecule has 0 saturated carbocycles. The standard InChI is InChI=1S/C19H26N4O5S/c1-28-12-11-23-19(25)16-6-4-3-5-15(16)17(21-23)13-20-18(24)14-7-9-22(10-8-14)29(2,26)27/h3-6,14H,7-13H2,1-2H3,(H,20,24). The first-order valence-corrected chi connectivity index (χ1v) is 11.4. The van der Waals surface area contributed by atoms with Gasteiger partial charge < -0.3 is 10.1 Å². The van der Waals surface area contributed by atoms with Gasteiger partial charge in [0.15, 0.2) is 0 Å². The number of fused-ring (bicyclic) bond motifs is 1. The summed E-state index contributed by atoms with van der Waals surface area (Å²) in [5.74, 6) is -0.364. The van der Waals surface area contributed by atoms with E-state index in [1.807, 2.05) is 12.1 Å². The normalized spacial score (nSPS) is 16.2. The van der Waals surface area contributed by atoms with Crippen molar-refractivity contribution < 1.29 is 17.9 Å². The van der Waals surface area contributed by atoms with Gasteiger partial charge in [-0.1, -0.05) is 18.2 Å². The fourth-order valence-corrected chi connectivity index (χ4v) is 4.40. The van der Waals surface area contributed by atoms with Gasteiger partial charge in [-0.2, -0.15) is 5.10 Å². The third kappa shape index (κ3) is 5.01. The minimum absolute atomic E-state index is 0.126. The van der Waals surface area contributed by atoms with Crippen LogP contribution >= 0.6 is 0 Å². The molecule has 10 heteroatoms. The molecule has 1 amide bonds. The van der Waals surface area contributed by atoms with Crippen LogP contribution in [-0.2, 0) is 32.6 Å². The van der Waals surface area contributed by atoms with E-state index < -0.39 is 10.0 Å². The fourth-order valence-electron chi connectivity index (χ4n) is 3.53. The molecule has 0 bridgehead atoms. The number of ether oxygens (including phenoxy) is 1. The Balaban J connectivity index is 1.72. The molecular weight excluding hydrogens is 396 g/mol. The van der Waals surface area contributed by atoms with Gasteiger partial charge in [0, 0.05) is 31.5 Å². The van der Waals surface area contributed by atoms with E-state index in [0.717, 1.165) is 0 Å². The number of nitrogens with one attached hydrogen (secondary N) is 1. The highest BCUT2D eigenvalue weighted by Crippen LogP contribution is 2.20. The summed E-state index contributed by atoms with van der Waals surface area (Å²) in [4.78, 5) is 25.2. The minimum atomic E-state index is -3.22. The topological polar surface area (TPSA) is 111 Å². The Bertz CT molecular complexity index is 1040. The molecular formula is C19H26N4O5S. The van der Waals surface area contributed by atoms with Gasteiger partial charge >= 0.3 is 0 Å². The molecule has 0 spiro atoms. The van der Waals surface area contributed by atoms with Gasteiger partial charge in [0.1, 0.15) is 0 Å². The summed E-state index contributed by atoms with van der Waals surface area (Å²) in [6.45, 7) is 1.57. The van der Waals surface area contributed by atoms with Crippen molar-refractivity contribution in [1.29, 1.82) is 0 Å². The maximum absolute atomic E-state index is 12.6. The second kappa shape index (κ2) is 9.02. The smallest absolute Gasteiger partial charge is 0.274 e. The lowest BCUT2D eigenvalue weighted by molar-refractivity contribution is -0.126. The molecule has 1 N–H and O–H groups in total. The number of nitrogens with zero attached hydrogens (tertiary/aromatic N) is 3. The van der Waals surface area contributed by atoms with Crippen molar-refractivity contribution in [3.05, 3.63) is 40.3 Å². The van der Waals surface area contributed by atoms with Crippen LogP contribution in [0.25, 0.3) is 10.8 Å². The molecule has 1 aromatic carbocycles. The van der Waals surface area contributed by atoms with Crippen LogP contribution in [0.3, 0.4) is 0 Å². The van der Waals surface area contributed by atoms with Gasteiger partial charge in [-0.25, -0.2) is 17.4 Å². The quantitative estimate of drug-likeness (QED) is 0.689. The Kier molecular flexibility index (Phi) is 6.66. The highest BCUT2D eigenvalue weighted by atomic mass is 32.2. The average Bonchev–Trinajstić information content (AvgIpc) is 2.72. The van der Waals surface area contributed by atoms with Crippen molar-refractivity contribution in [3.63, 3.8) is 0 Å². The Morgan fingerprint density at radius 3 is 2.52 bits per heavy atom. The summed E-state index contributed by atoms with van der Waals surface area (Å²) in [7, 11) is -1.66. The number of sulfonamides is 1. The molecule has 0 atom stereocenters. The number of methoxy groups -OCH3 is 1. The lowest BCUT2D eigenvalue weighted by Gasteiger charge is -2.29. The van der Waals surface area contributed by atoms with E-state index in [-0.39, 0.29) is 23.9 Å². The van der Waals surface area contributed by atoms with E-state index >= 15 is 0 Å². The maximum atomic E-state index is 12.6. The molecule has 3 rings (SSSR count). The molecule has 29 heavy (non-hydrogen) atoms. The number of rotatable bonds is 7. The number of hydrogen-bond acceptors (Lipinski definition) is 6. The van der Waals surface area contributed by atoms with Crippen molar-refractivity contribution in [1.82, 2.24) is 19.4 Å². The number of piperidine rings is 1. The van der Waals surface area contributed by atoms with Crippen molar-refractivity contribution in [2.75, 3.05) is 33.1 Å². The van der Waals surface area contributed by atoms with Crippen LogP contribution in [0.15, 0.2) is 29.1 Å². The van der Waals surface area contributed by atoms with Crippen LogP contribution in [0.1, 0.15) is 18.5 Å². The molecule has 9 nitrogen and oxygen atoms in total. The second-order valence-electron chi connectivity index (χ2n) is 7.17. The molecule has 2 heterocycles. The molecule has 1 fully saturated rings.